The van der Waals surface area contributed by atoms with Crippen molar-refractivity contribution in [3.63, 3.8) is 0 Å². The molecular weight excluding hydrogens is 270 g/mol. The van der Waals surface area contributed by atoms with Crippen LogP contribution in [0.3, 0.4) is 0 Å². The average Bonchev–Trinajstić information content (AvgIpc) is 2.84. The number of aromatic nitrogens is 2. The highest BCUT2D eigenvalue weighted by molar-refractivity contribution is 7.09. The number of aryl methyl sites for hydroxylation is 2. The Morgan fingerprint density at radius 2 is 2.40 bits per heavy atom. The Morgan fingerprint density at radius 3 is 3.20 bits per heavy atom. The maximum atomic E-state index is 11.4. The first-order valence-corrected chi connectivity index (χ1v) is 7.97. The summed E-state index contributed by atoms with van der Waals surface area (Å²) in [4.78, 5) is 18.8. The number of pyridine rings is 1. The molecule has 0 saturated carbocycles. The highest BCUT2D eigenvalue weighted by atomic mass is 32.1. The fourth-order valence-electron chi connectivity index (χ4n) is 2.78. The van der Waals surface area contributed by atoms with Crippen LogP contribution in [0.2, 0.25) is 0 Å². The van der Waals surface area contributed by atoms with Crippen molar-refractivity contribution in [3.8, 4) is 0 Å². The van der Waals surface area contributed by atoms with Crippen molar-refractivity contribution in [2.75, 3.05) is 6.54 Å². The molecule has 0 bridgehead atoms. The minimum Gasteiger partial charge on any atom is -0.326 e. The molecule has 20 heavy (non-hydrogen) atoms. The van der Waals surface area contributed by atoms with Crippen molar-refractivity contribution in [2.24, 2.45) is 0 Å². The van der Waals surface area contributed by atoms with Crippen LogP contribution in [0.5, 0.6) is 0 Å². The molecule has 4 nitrogen and oxygen atoms in total. The van der Waals surface area contributed by atoms with Crippen LogP contribution in [0.25, 0.3) is 0 Å². The molecule has 3 rings (SSSR count). The van der Waals surface area contributed by atoms with E-state index in [1.54, 1.807) is 17.4 Å². The number of H-pyrrole nitrogens is 1. The molecule has 2 aromatic rings. The van der Waals surface area contributed by atoms with E-state index in [1.807, 2.05) is 13.0 Å². The average molecular weight is 289 g/mol. The first-order valence-electron chi connectivity index (χ1n) is 7.09. The molecule has 1 aliphatic carbocycles. The van der Waals surface area contributed by atoms with E-state index >= 15 is 0 Å². The molecule has 0 saturated heterocycles. The molecule has 2 aromatic heterocycles. The zero-order valence-corrected chi connectivity index (χ0v) is 12.4. The molecule has 0 spiro atoms. The molecule has 0 aliphatic heterocycles. The van der Waals surface area contributed by atoms with Gasteiger partial charge in [-0.15, -0.1) is 11.3 Å². The van der Waals surface area contributed by atoms with Crippen molar-refractivity contribution >= 4 is 11.3 Å². The number of rotatable bonds is 4. The summed E-state index contributed by atoms with van der Waals surface area (Å²) in [5, 5.41) is 6.88. The second-order valence-electron chi connectivity index (χ2n) is 5.29. The van der Waals surface area contributed by atoms with Gasteiger partial charge >= 0.3 is 0 Å². The van der Waals surface area contributed by atoms with E-state index in [0.717, 1.165) is 43.6 Å². The molecule has 0 radical (unpaired) electrons. The number of nitrogens with one attached hydrogen (secondary N) is 2. The summed E-state index contributed by atoms with van der Waals surface area (Å²) in [6, 6.07) is 3.96. The van der Waals surface area contributed by atoms with Crippen LogP contribution >= 0.6 is 11.3 Å². The minimum atomic E-state index is 0.00246. The first kappa shape index (κ1) is 13.5. The summed E-state index contributed by atoms with van der Waals surface area (Å²) in [5.74, 6) is 0. The van der Waals surface area contributed by atoms with Gasteiger partial charge in [-0.25, -0.2) is 4.98 Å². The Balaban J connectivity index is 1.63. The highest BCUT2D eigenvalue weighted by Crippen LogP contribution is 2.27. The largest absolute Gasteiger partial charge is 0.326 e. The third-order valence-electron chi connectivity index (χ3n) is 3.73. The van der Waals surface area contributed by atoms with E-state index in [0.29, 0.717) is 6.04 Å². The summed E-state index contributed by atoms with van der Waals surface area (Å²) in [5.41, 5.74) is 3.46. The normalized spacial score (nSPS) is 17.9. The highest BCUT2D eigenvalue weighted by Gasteiger charge is 2.20. The second kappa shape index (κ2) is 5.89. The van der Waals surface area contributed by atoms with Gasteiger partial charge in [-0.05, 0) is 31.7 Å². The monoisotopic (exact) mass is 289 g/mol. The van der Waals surface area contributed by atoms with Gasteiger partial charge in [-0.3, -0.25) is 4.79 Å². The van der Waals surface area contributed by atoms with Gasteiger partial charge in [0.2, 0.25) is 5.56 Å². The molecule has 1 atom stereocenters. The smallest absolute Gasteiger partial charge is 0.248 e. The standard InChI is InChI=1S/C15H19N3OS/c1-10-9-20-15(17-10)7-8-16-12-3-2-4-13-11(12)5-6-14(19)18-13/h5-6,9,12,16H,2-4,7-8H2,1H3,(H,18,19). The zero-order chi connectivity index (χ0) is 13.9. The van der Waals surface area contributed by atoms with E-state index in [-0.39, 0.29) is 5.56 Å². The summed E-state index contributed by atoms with van der Waals surface area (Å²) in [7, 11) is 0. The molecule has 0 fully saturated rings. The predicted octanol–water partition coefficient (Wildman–Crippen LogP) is 2.35. The van der Waals surface area contributed by atoms with Crippen molar-refractivity contribution in [1.29, 1.82) is 0 Å². The van der Waals surface area contributed by atoms with Crippen LogP contribution in [-0.4, -0.2) is 16.5 Å². The number of hydrogen-bond donors (Lipinski definition) is 2. The van der Waals surface area contributed by atoms with E-state index < -0.39 is 0 Å². The molecule has 2 heterocycles. The fraction of sp³-hybridized carbons (Fsp3) is 0.467. The molecule has 0 aromatic carbocycles. The number of aromatic amines is 1. The number of thiazole rings is 1. The zero-order valence-electron chi connectivity index (χ0n) is 11.6. The van der Waals surface area contributed by atoms with Gasteiger partial charge in [0.05, 0.1) is 5.01 Å². The summed E-state index contributed by atoms with van der Waals surface area (Å²) < 4.78 is 0. The van der Waals surface area contributed by atoms with Gasteiger partial charge in [0.15, 0.2) is 0 Å². The SMILES string of the molecule is Cc1csc(CCNC2CCCc3[nH]c(=O)ccc32)n1. The minimum absolute atomic E-state index is 0.00246. The van der Waals surface area contributed by atoms with Crippen molar-refractivity contribution in [3.05, 3.63) is 49.8 Å². The summed E-state index contributed by atoms with van der Waals surface area (Å²) in [6.07, 6.45) is 4.21. The van der Waals surface area contributed by atoms with Crippen LogP contribution in [-0.2, 0) is 12.8 Å². The predicted molar refractivity (Wildman–Crippen MR) is 81.3 cm³/mol. The Kier molecular flexibility index (Phi) is 3.98. The molecule has 1 aliphatic rings. The quantitative estimate of drug-likeness (QED) is 0.908. The molecule has 2 N–H and O–H groups in total. The van der Waals surface area contributed by atoms with Gasteiger partial charge in [-0.2, -0.15) is 0 Å². The third kappa shape index (κ3) is 2.99. The summed E-state index contributed by atoms with van der Waals surface area (Å²) in [6.45, 7) is 2.96. The first-order chi connectivity index (χ1) is 9.72. The Hall–Kier alpha value is -1.46. The molecule has 5 heteroatoms. The molecule has 0 amide bonds. The van der Waals surface area contributed by atoms with E-state index in [4.69, 9.17) is 0 Å². The van der Waals surface area contributed by atoms with Gasteiger partial charge < -0.3 is 10.3 Å². The molecule has 106 valence electrons. The van der Waals surface area contributed by atoms with Crippen molar-refractivity contribution in [2.45, 2.75) is 38.6 Å². The maximum Gasteiger partial charge on any atom is 0.248 e. The number of hydrogen-bond acceptors (Lipinski definition) is 4. The Bertz CT molecular complexity index is 647. The lowest BCUT2D eigenvalue weighted by atomic mass is 9.91. The van der Waals surface area contributed by atoms with Crippen LogP contribution in [0, 0.1) is 6.92 Å². The second-order valence-corrected chi connectivity index (χ2v) is 6.23. The van der Waals surface area contributed by atoms with E-state index in [1.165, 1.54) is 10.6 Å². The van der Waals surface area contributed by atoms with Crippen molar-refractivity contribution in [1.82, 2.24) is 15.3 Å². The van der Waals surface area contributed by atoms with E-state index in [2.05, 4.69) is 20.7 Å². The van der Waals surface area contributed by atoms with Crippen LogP contribution in [0.4, 0.5) is 0 Å². The fourth-order valence-corrected chi connectivity index (χ4v) is 3.56. The van der Waals surface area contributed by atoms with Gasteiger partial charge in [-0.1, -0.05) is 6.07 Å². The molecular formula is C15H19N3OS. The number of fused-ring (bicyclic) bond motifs is 1. The Morgan fingerprint density at radius 1 is 1.50 bits per heavy atom. The topological polar surface area (TPSA) is 57.8 Å². The maximum absolute atomic E-state index is 11.4. The van der Waals surface area contributed by atoms with Crippen LogP contribution in [0.1, 0.15) is 40.8 Å². The van der Waals surface area contributed by atoms with Gasteiger partial charge in [0.1, 0.15) is 0 Å². The lowest BCUT2D eigenvalue weighted by Gasteiger charge is -2.25. The van der Waals surface area contributed by atoms with E-state index in [9.17, 15) is 4.79 Å². The summed E-state index contributed by atoms with van der Waals surface area (Å²) >= 11 is 1.73. The van der Waals surface area contributed by atoms with Gasteiger partial charge in [0, 0.05) is 41.8 Å². The third-order valence-corrected chi connectivity index (χ3v) is 4.75. The lowest BCUT2D eigenvalue weighted by Crippen LogP contribution is -2.28. The number of nitrogens with zero attached hydrogens (tertiary/aromatic N) is 1. The lowest BCUT2D eigenvalue weighted by molar-refractivity contribution is 0.457. The Labute approximate surface area is 122 Å². The van der Waals surface area contributed by atoms with Crippen LogP contribution < -0.4 is 10.9 Å². The van der Waals surface area contributed by atoms with Gasteiger partial charge in [0.25, 0.3) is 0 Å². The molecule has 1 unspecified atom stereocenters. The van der Waals surface area contributed by atoms with Crippen LogP contribution in [0.15, 0.2) is 22.3 Å². The van der Waals surface area contributed by atoms with Crippen molar-refractivity contribution < 1.29 is 0 Å².